The summed E-state index contributed by atoms with van der Waals surface area (Å²) in [7, 11) is 1.61. The first-order valence-electron chi connectivity index (χ1n) is 9.56. The Balaban J connectivity index is 0.00000300. The van der Waals surface area contributed by atoms with E-state index in [0.717, 1.165) is 31.0 Å². The maximum absolute atomic E-state index is 10.0. The maximum Gasteiger partial charge on any atom is 0.191 e. The summed E-state index contributed by atoms with van der Waals surface area (Å²) in [6.07, 6.45) is 0.894. The predicted octanol–water partition coefficient (Wildman–Crippen LogP) is 4.11. The minimum Gasteiger partial charge on any atom is -0.508 e. The monoisotopic (exact) mass is 508 g/mol. The molecule has 0 amide bonds. The zero-order valence-electron chi connectivity index (χ0n) is 17.1. The van der Waals surface area contributed by atoms with Crippen molar-refractivity contribution in [1.29, 1.82) is 0 Å². The van der Waals surface area contributed by atoms with Crippen LogP contribution in [0.15, 0.2) is 47.5 Å². The maximum atomic E-state index is 10.0. The third-order valence-corrected chi connectivity index (χ3v) is 4.73. The number of phenolic OH excluding ortho intramolecular Hbond substituents is 1. The molecule has 7 heteroatoms. The molecule has 0 aliphatic carbocycles. The number of fused-ring (bicyclic) bond motifs is 1. The molecule has 0 saturated heterocycles. The number of aliphatic imine (C=N–C) groups is 1. The fraction of sp³-hybridized carbons (Fsp3) is 0.318. The number of ether oxygens (including phenoxy) is 1. The number of nitrogens with zero attached hydrogens (tertiary/aromatic N) is 1. The third-order valence-electron chi connectivity index (χ3n) is 4.73. The number of aromatic hydroxyl groups is 1. The van der Waals surface area contributed by atoms with Gasteiger partial charge in [0.05, 0.1) is 13.7 Å². The van der Waals surface area contributed by atoms with E-state index >= 15 is 0 Å². The summed E-state index contributed by atoms with van der Waals surface area (Å²) in [5.41, 5.74) is 4.42. The van der Waals surface area contributed by atoms with Crippen molar-refractivity contribution in [3.8, 4) is 11.5 Å². The Kier molecular flexibility index (Phi) is 8.63. The summed E-state index contributed by atoms with van der Waals surface area (Å²) in [5, 5.41) is 17.9. The van der Waals surface area contributed by atoms with Gasteiger partial charge in [-0.2, -0.15) is 0 Å². The van der Waals surface area contributed by atoms with E-state index in [1.54, 1.807) is 25.3 Å². The summed E-state index contributed by atoms with van der Waals surface area (Å²) < 4.78 is 5.22. The van der Waals surface area contributed by atoms with Gasteiger partial charge in [0.25, 0.3) is 0 Å². The number of H-pyrrole nitrogens is 1. The Bertz CT molecular complexity index is 969. The first kappa shape index (κ1) is 22.9. The van der Waals surface area contributed by atoms with Crippen LogP contribution in [0.5, 0.6) is 11.5 Å². The van der Waals surface area contributed by atoms with Crippen molar-refractivity contribution < 1.29 is 9.84 Å². The van der Waals surface area contributed by atoms with Crippen LogP contribution in [-0.4, -0.2) is 36.2 Å². The number of hydrogen-bond acceptors (Lipinski definition) is 3. The number of aryl methyl sites for hydroxylation is 1. The van der Waals surface area contributed by atoms with Crippen molar-refractivity contribution in [2.24, 2.45) is 4.99 Å². The normalized spacial score (nSPS) is 11.2. The summed E-state index contributed by atoms with van der Waals surface area (Å²) >= 11 is 0. The molecule has 29 heavy (non-hydrogen) atoms. The van der Waals surface area contributed by atoms with Crippen molar-refractivity contribution in [3.05, 3.63) is 59.3 Å². The van der Waals surface area contributed by atoms with Crippen LogP contribution in [0.4, 0.5) is 0 Å². The van der Waals surface area contributed by atoms with Crippen LogP contribution in [0.1, 0.15) is 23.7 Å². The molecule has 2 aromatic carbocycles. The Morgan fingerprint density at radius 3 is 2.72 bits per heavy atom. The van der Waals surface area contributed by atoms with Crippen LogP contribution in [0.3, 0.4) is 0 Å². The van der Waals surface area contributed by atoms with Gasteiger partial charge in [0.2, 0.25) is 0 Å². The van der Waals surface area contributed by atoms with Crippen LogP contribution in [-0.2, 0) is 13.0 Å². The van der Waals surface area contributed by atoms with Crippen molar-refractivity contribution >= 4 is 40.8 Å². The fourth-order valence-corrected chi connectivity index (χ4v) is 3.28. The van der Waals surface area contributed by atoms with Crippen molar-refractivity contribution in [3.63, 3.8) is 0 Å². The number of guanidine groups is 1. The summed E-state index contributed by atoms with van der Waals surface area (Å²) in [6, 6.07) is 13.5. The van der Waals surface area contributed by atoms with E-state index in [-0.39, 0.29) is 29.7 Å². The molecular weight excluding hydrogens is 479 g/mol. The standard InChI is InChI=1S/C22H28N4O2.HI/c1-4-23-22(25-14-16-13-17(28-3)9-10-21(16)27)24-12-11-18-15(2)26-20-8-6-5-7-19(18)20;/h5-10,13,26-27H,4,11-12,14H2,1-3H3,(H2,23,24,25);1H. The lowest BCUT2D eigenvalue weighted by atomic mass is 10.1. The molecule has 6 nitrogen and oxygen atoms in total. The number of methoxy groups -OCH3 is 1. The third kappa shape index (κ3) is 5.79. The molecule has 4 N–H and O–H groups in total. The molecule has 0 saturated carbocycles. The first-order chi connectivity index (χ1) is 13.6. The van der Waals surface area contributed by atoms with E-state index in [2.05, 4.69) is 45.7 Å². The van der Waals surface area contributed by atoms with Gasteiger partial charge in [-0.25, -0.2) is 4.99 Å². The molecule has 1 aromatic heterocycles. The minimum atomic E-state index is 0. The molecule has 0 unspecified atom stereocenters. The summed E-state index contributed by atoms with van der Waals surface area (Å²) in [6.45, 7) is 6.04. The Morgan fingerprint density at radius 1 is 1.17 bits per heavy atom. The van der Waals surface area contributed by atoms with E-state index < -0.39 is 0 Å². The van der Waals surface area contributed by atoms with Crippen LogP contribution in [0.2, 0.25) is 0 Å². The number of halogens is 1. The van der Waals surface area contributed by atoms with Crippen LogP contribution >= 0.6 is 24.0 Å². The van der Waals surface area contributed by atoms with Gasteiger partial charge in [-0.05, 0) is 50.1 Å². The van der Waals surface area contributed by atoms with Gasteiger partial charge >= 0.3 is 0 Å². The molecule has 0 bridgehead atoms. The SMILES string of the molecule is CCNC(=NCc1cc(OC)ccc1O)NCCc1c(C)[nH]c2ccccc12.I. The van der Waals surface area contributed by atoms with E-state index in [1.807, 2.05) is 13.0 Å². The molecule has 0 atom stereocenters. The molecule has 3 aromatic rings. The Labute approximate surface area is 188 Å². The zero-order valence-corrected chi connectivity index (χ0v) is 19.4. The quantitative estimate of drug-likeness (QED) is 0.220. The second-order valence-electron chi connectivity index (χ2n) is 6.64. The smallest absolute Gasteiger partial charge is 0.191 e. The van der Waals surface area contributed by atoms with Crippen molar-refractivity contribution in [1.82, 2.24) is 15.6 Å². The number of para-hydroxylation sites is 1. The molecule has 1 heterocycles. The topological polar surface area (TPSA) is 81.7 Å². The largest absolute Gasteiger partial charge is 0.508 e. The molecule has 0 radical (unpaired) electrons. The van der Waals surface area contributed by atoms with Gasteiger partial charge in [0, 0.05) is 35.2 Å². The summed E-state index contributed by atoms with van der Waals surface area (Å²) in [4.78, 5) is 8.04. The molecular formula is C22H29IN4O2. The average molecular weight is 508 g/mol. The van der Waals surface area contributed by atoms with Crippen LogP contribution < -0.4 is 15.4 Å². The lowest BCUT2D eigenvalue weighted by Crippen LogP contribution is -2.38. The molecule has 0 aliphatic rings. The fourth-order valence-electron chi connectivity index (χ4n) is 3.28. The predicted molar refractivity (Wildman–Crippen MR) is 130 cm³/mol. The Morgan fingerprint density at radius 2 is 1.97 bits per heavy atom. The highest BCUT2D eigenvalue weighted by atomic mass is 127. The van der Waals surface area contributed by atoms with Crippen molar-refractivity contribution in [2.75, 3.05) is 20.2 Å². The average Bonchev–Trinajstić information content (AvgIpc) is 3.02. The van der Waals surface area contributed by atoms with Gasteiger partial charge in [0.15, 0.2) is 5.96 Å². The molecule has 0 spiro atoms. The number of hydrogen-bond donors (Lipinski definition) is 4. The Hall–Kier alpha value is -2.42. The van der Waals surface area contributed by atoms with Gasteiger partial charge in [-0.15, -0.1) is 24.0 Å². The van der Waals surface area contributed by atoms with Crippen LogP contribution in [0.25, 0.3) is 10.9 Å². The molecule has 156 valence electrons. The van der Waals surface area contributed by atoms with Gasteiger partial charge in [-0.3, -0.25) is 0 Å². The lowest BCUT2D eigenvalue weighted by molar-refractivity contribution is 0.411. The molecule has 0 fully saturated rings. The van der Waals surface area contributed by atoms with E-state index in [9.17, 15) is 5.11 Å². The zero-order chi connectivity index (χ0) is 19.9. The highest BCUT2D eigenvalue weighted by Gasteiger charge is 2.08. The van der Waals surface area contributed by atoms with Crippen molar-refractivity contribution in [2.45, 2.75) is 26.8 Å². The van der Waals surface area contributed by atoms with E-state index in [4.69, 9.17) is 4.74 Å². The number of nitrogens with one attached hydrogen (secondary N) is 3. The van der Waals surface area contributed by atoms with Gasteiger partial charge in [0.1, 0.15) is 11.5 Å². The second-order valence-corrected chi connectivity index (χ2v) is 6.64. The number of aromatic nitrogens is 1. The van der Waals surface area contributed by atoms with E-state index in [0.29, 0.717) is 12.3 Å². The van der Waals surface area contributed by atoms with Gasteiger partial charge < -0.3 is 25.5 Å². The number of aromatic amines is 1. The molecule has 3 rings (SSSR count). The molecule has 0 aliphatic heterocycles. The lowest BCUT2D eigenvalue weighted by Gasteiger charge is -2.12. The minimum absolute atomic E-state index is 0. The highest BCUT2D eigenvalue weighted by molar-refractivity contribution is 14.0. The number of benzene rings is 2. The number of rotatable bonds is 7. The van der Waals surface area contributed by atoms with E-state index in [1.165, 1.54) is 22.2 Å². The second kappa shape index (κ2) is 10.9. The highest BCUT2D eigenvalue weighted by Crippen LogP contribution is 2.24. The van der Waals surface area contributed by atoms with Gasteiger partial charge in [-0.1, -0.05) is 18.2 Å². The first-order valence-corrected chi connectivity index (χ1v) is 9.56. The van der Waals surface area contributed by atoms with Crippen LogP contribution in [0, 0.1) is 6.92 Å². The summed E-state index contributed by atoms with van der Waals surface area (Å²) in [5.74, 6) is 1.65. The number of phenols is 1.